The van der Waals surface area contributed by atoms with E-state index in [0.29, 0.717) is 29.6 Å². The molecule has 1 N–H and O–H groups in total. The number of aromatic hydroxyl groups is 1. The monoisotopic (exact) mass is 513 g/mol. The normalized spacial score (nSPS) is 14.0. The lowest BCUT2D eigenvalue weighted by Crippen LogP contribution is -2.11. The molecule has 5 nitrogen and oxygen atoms in total. The number of thioether (sulfide) groups is 1. The number of rotatable bonds is 8. The highest BCUT2D eigenvalue weighted by Crippen LogP contribution is 2.36. The average Bonchev–Trinajstić information content (AvgIpc) is 2.92. The summed E-state index contributed by atoms with van der Waals surface area (Å²) in [6.45, 7) is 2.36. The number of ether oxygens (including phenoxy) is 1. The SMILES string of the molecule is Cc1cc(-c2cc(O)c(Cc3ccccc3SC3CCCCC3)c(=O)o2)ccc1OCc1cccnc1. The van der Waals surface area contributed by atoms with E-state index in [1.54, 1.807) is 18.5 Å². The Balaban J connectivity index is 1.33. The minimum atomic E-state index is -0.512. The van der Waals surface area contributed by atoms with Gasteiger partial charge in [-0.2, -0.15) is 0 Å². The van der Waals surface area contributed by atoms with Crippen LogP contribution in [0.25, 0.3) is 11.3 Å². The van der Waals surface area contributed by atoms with Gasteiger partial charge < -0.3 is 14.3 Å². The van der Waals surface area contributed by atoms with Crippen molar-refractivity contribution in [1.29, 1.82) is 0 Å². The number of pyridine rings is 1. The van der Waals surface area contributed by atoms with Crippen LogP contribution in [0, 0.1) is 6.92 Å². The highest BCUT2D eigenvalue weighted by Gasteiger charge is 2.19. The van der Waals surface area contributed by atoms with Gasteiger partial charge in [-0.05, 0) is 61.2 Å². The molecule has 1 aliphatic carbocycles. The molecule has 0 unspecified atom stereocenters. The summed E-state index contributed by atoms with van der Waals surface area (Å²) >= 11 is 1.90. The standard InChI is InChI=1S/C31H31NO4S/c1-21-16-23(13-14-28(21)35-20-22-8-7-15-32-19-22)29-18-27(33)26(31(34)36-29)17-24-9-5-6-12-30(24)37-25-10-3-2-4-11-25/h5-9,12-16,18-19,25,33H,2-4,10-11,17,20H2,1H3. The van der Waals surface area contributed by atoms with Crippen molar-refractivity contribution < 1.29 is 14.3 Å². The molecule has 4 aromatic rings. The van der Waals surface area contributed by atoms with E-state index in [1.807, 2.05) is 67.2 Å². The molecule has 2 aromatic heterocycles. The number of aryl methyl sites for hydroxylation is 1. The van der Waals surface area contributed by atoms with Gasteiger partial charge in [-0.1, -0.05) is 43.5 Å². The maximum Gasteiger partial charge on any atom is 0.343 e. The van der Waals surface area contributed by atoms with E-state index in [4.69, 9.17) is 9.15 Å². The molecular weight excluding hydrogens is 482 g/mol. The summed E-state index contributed by atoms with van der Waals surface area (Å²) in [5.74, 6) is 1.03. The second-order valence-electron chi connectivity index (χ2n) is 9.55. The predicted octanol–water partition coefficient (Wildman–Crippen LogP) is 7.31. The number of hydrogen-bond donors (Lipinski definition) is 1. The van der Waals surface area contributed by atoms with Gasteiger partial charge >= 0.3 is 5.63 Å². The molecule has 1 aliphatic rings. The maximum atomic E-state index is 13.0. The summed E-state index contributed by atoms with van der Waals surface area (Å²) in [5.41, 5.74) is 3.41. The molecule has 2 aromatic carbocycles. The third-order valence-corrected chi connectivity index (χ3v) is 8.25. The number of benzene rings is 2. The van der Waals surface area contributed by atoms with E-state index >= 15 is 0 Å². The Kier molecular flexibility index (Phi) is 7.95. The van der Waals surface area contributed by atoms with Gasteiger partial charge in [0.05, 0.1) is 5.56 Å². The van der Waals surface area contributed by atoms with Crippen LogP contribution in [0.2, 0.25) is 0 Å². The molecule has 0 aliphatic heterocycles. The van der Waals surface area contributed by atoms with Crippen LogP contribution >= 0.6 is 11.8 Å². The summed E-state index contributed by atoms with van der Waals surface area (Å²) in [5, 5.41) is 11.5. The largest absolute Gasteiger partial charge is 0.507 e. The van der Waals surface area contributed by atoms with Crippen molar-refractivity contribution >= 4 is 11.8 Å². The van der Waals surface area contributed by atoms with Gasteiger partial charge in [0.15, 0.2) is 0 Å². The zero-order chi connectivity index (χ0) is 25.6. The van der Waals surface area contributed by atoms with Crippen molar-refractivity contribution in [3.63, 3.8) is 0 Å². The predicted molar refractivity (Wildman–Crippen MR) is 147 cm³/mol. The molecule has 0 bridgehead atoms. The van der Waals surface area contributed by atoms with E-state index in [9.17, 15) is 9.90 Å². The summed E-state index contributed by atoms with van der Waals surface area (Å²) < 4.78 is 11.6. The molecular formula is C31H31NO4S. The van der Waals surface area contributed by atoms with Crippen molar-refractivity contribution in [3.05, 3.63) is 106 Å². The summed E-state index contributed by atoms with van der Waals surface area (Å²) in [6, 6.07) is 19.1. The van der Waals surface area contributed by atoms with Crippen LogP contribution in [0.4, 0.5) is 0 Å². The lowest BCUT2D eigenvalue weighted by atomic mass is 10.0. The Labute approximate surface area is 221 Å². The van der Waals surface area contributed by atoms with E-state index in [0.717, 1.165) is 22.4 Å². The zero-order valence-electron chi connectivity index (χ0n) is 21.0. The van der Waals surface area contributed by atoms with Gasteiger partial charge in [0.1, 0.15) is 23.9 Å². The molecule has 0 saturated heterocycles. The number of nitrogens with zero attached hydrogens (tertiary/aromatic N) is 1. The molecule has 0 radical (unpaired) electrons. The number of aromatic nitrogens is 1. The van der Waals surface area contributed by atoms with Crippen LogP contribution in [0.3, 0.4) is 0 Å². The van der Waals surface area contributed by atoms with Crippen LogP contribution in [-0.4, -0.2) is 15.3 Å². The highest BCUT2D eigenvalue weighted by atomic mass is 32.2. The summed E-state index contributed by atoms with van der Waals surface area (Å²) in [6.07, 6.45) is 10.2. The lowest BCUT2D eigenvalue weighted by molar-refractivity contribution is 0.303. The van der Waals surface area contributed by atoms with Crippen LogP contribution < -0.4 is 10.4 Å². The van der Waals surface area contributed by atoms with Crippen LogP contribution in [0.15, 0.2) is 87.2 Å². The number of hydrogen-bond acceptors (Lipinski definition) is 6. The Morgan fingerprint density at radius 3 is 2.65 bits per heavy atom. The van der Waals surface area contributed by atoms with Gasteiger partial charge in [0, 0.05) is 46.2 Å². The Morgan fingerprint density at radius 1 is 1.05 bits per heavy atom. The van der Waals surface area contributed by atoms with Crippen molar-refractivity contribution in [2.45, 2.75) is 62.2 Å². The topological polar surface area (TPSA) is 72.6 Å². The second-order valence-corrected chi connectivity index (χ2v) is 10.9. The van der Waals surface area contributed by atoms with Crippen molar-refractivity contribution in [2.24, 2.45) is 0 Å². The second kappa shape index (κ2) is 11.7. The fourth-order valence-corrected chi connectivity index (χ4v) is 6.12. The van der Waals surface area contributed by atoms with Gasteiger partial charge in [-0.25, -0.2) is 4.79 Å². The molecule has 0 atom stereocenters. The van der Waals surface area contributed by atoms with Gasteiger partial charge in [-0.3, -0.25) is 4.98 Å². The van der Waals surface area contributed by atoms with E-state index in [2.05, 4.69) is 11.1 Å². The first-order valence-electron chi connectivity index (χ1n) is 12.8. The molecule has 0 spiro atoms. The molecule has 2 heterocycles. The van der Waals surface area contributed by atoms with Gasteiger partial charge in [-0.15, -0.1) is 11.8 Å². The van der Waals surface area contributed by atoms with E-state index in [1.165, 1.54) is 37.0 Å². The van der Waals surface area contributed by atoms with Crippen molar-refractivity contribution in [3.8, 4) is 22.8 Å². The molecule has 1 fully saturated rings. The van der Waals surface area contributed by atoms with Crippen molar-refractivity contribution in [2.75, 3.05) is 0 Å². The zero-order valence-corrected chi connectivity index (χ0v) is 21.8. The summed E-state index contributed by atoms with van der Waals surface area (Å²) in [7, 11) is 0. The molecule has 1 saturated carbocycles. The summed E-state index contributed by atoms with van der Waals surface area (Å²) in [4.78, 5) is 18.3. The Morgan fingerprint density at radius 2 is 1.89 bits per heavy atom. The smallest absolute Gasteiger partial charge is 0.343 e. The molecule has 37 heavy (non-hydrogen) atoms. The van der Waals surface area contributed by atoms with Gasteiger partial charge in [0.2, 0.25) is 0 Å². The van der Waals surface area contributed by atoms with Crippen molar-refractivity contribution in [1.82, 2.24) is 4.98 Å². The van der Waals surface area contributed by atoms with E-state index < -0.39 is 5.63 Å². The molecule has 0 amide bonds. The molecule has 6 heteroatoms. The van der Waals surface area contributed by atoms with Crippen LogP contribution in [0.1, 0.15) is 54.4 Å². The first-order valence-corrected chi connectivity index (χ1v) is 13.7. The fourth-order valence-electron chi connectivity index (χ4n) is 4.74. The maximum absolute atomic E-state index is 13.0. The van der Waals surface area contributed by atoms with Crippen LogP contribution in [-0.2, 0) is 13.0 Å². The first-order chi connectivity index (χ1) is 18.1. The third kappa shape index (κ3) is 6.25. The molecule has 190 valence electrons. The fraction of sp³-hybridized carbons (Fsp3) is 0.290. The molecule has 5 rings (SSSR count). The Bertz CT molecular complexity index is 1410. The third-order valence-electron chi connectivity index (χ3n) is 6.79. The lowest BCUT2D eigenvalue weighted by Gasteiger charge is -2.22. The minimum Gasteiger partial charge on any atom is -0.507 e. The average molecular weight is 514 g/mol. The highest BCUT2D eigenvalue weighted by molar-refractivity contribution is 8.00. The first kappa shape index (κ1) is 25.2. The van der Waals surface area contributed by atoms with Crippen LogP contribution in [0.5, 0.6) is 11.5 Å². The van der Waals surface area contributed by atoms with Gasteiger partial charge in [0.25, 0.3) is 0 Å². The van der Waals surface area contributed by atoms with E-state index in [-0.39, 0.29) is 11.3 Å². The minimum absolute atomic E-state index is 0.0433. The Hall–Kier alpha value is -3.51. The quantitative estimate of drug-likeness (QED) is 0.266.